The molecule has 4 heterocycles. The summed E-state index contributed by atoms with van der Waals surface area (Å²) < 4.78 is 45.4. The van der Waals surface area contributed by atoms with E-state index in [9.17, 15) is 27.9 Å². The van der Waals surface area contributed by atoms with Crippen molar-refractivity contribution in [1.29, 1.82) is 0 Å². The predicted octanol–water partition coefficient (Wildman–Crippen LogP) is 5.15. The molecule has 2 N–H and O–H groups in total. The van der Waals surface area contributed by atoms with Crippen LogP contribution in [0.4, 0.5) is 18.3 Å². The maximum absolute atomic E-state index is 13.3. The van der Waals surface area contributed by atoms with Crippen LogP contribution >= 0.6 is 22.9 Å². The minimum atomic E-state index is -4.79. The molecule has 40 heavy (non-hydrogen) atoms. The summed E-state index contributed by atoms with van der Waals surface area (Å²) in [5, 5.41) is 13.4. The number of nitrogens with one attached hydrogen (secondary N) is 1. The number of hydrogen-bond acceptors (Lipinski definition) is 8. The molecule has 5 rings (SSSR count). The summed E-state index contributed by atoms with van der Waals surface area (Å²) in [5.41, 5.74) is -0.243. The highest BCUT2D eigenvalue weighted by molar-refractivity contribution is 7.16. The number of aryl methyl sites for hydroxylation is 1. The number of fused-ring (bicyclic) bond motifs is 1. The lowest BCUT2D eigenvalue weighted by atomic mass is 9.77. The third-order valence-corrected chi connectivity index (χ3v) is 8.42. The zero-order chi connectivity index (χ0) is 28.8. The van der Waals surface area contributed by atoms with Crippen molar-refractivity contribution in [3.05, 3.63) is 51.5 Å². The third-order valence-electron chi connectivity index (χ3n) is 7.22. The van der Waals surface area contributed by atoms with Crippen molar-refractivity contribution in [2.75, 3.05) is 12.4 Å². The topological polar surface area (TPSA) is 118 Å². The average Bonchev–Trinajstić information content (AvgIpc) is 3.46. The van der Waals surface area contributed by atoms with Gasteiger partial charge in [-0.1, -0.05) is 22.9 Å². The maximum atomic E-state index is 13.3. The van der Waals surface area contributed by atoms with Gasteiger partial charge in [-0.2, -0.15) is 13.2 Å². The summed E-state index contributed by atoms with van der Waals surface area (Å²) in [6.45, 7) is 2.08. The summed E-state index contributed by atoms with van der Waals surface area (Å²) in [6, 6.07) is 3.33. The average molecular weight is 596 g/mol. The maximum Gasteiger partial charge on any atom is 0.417 e. The van der Waals surface area contributed by atoms with E-state index < -0.39 is 42.4 Å². The number of ether oxygens (including phenoxy) is 1. The van der Waals surface area contributed by atoms with Crippen LogP contribution in [-0.2, 0) is 17.9 Å². The highest BCUT2D eigenvalue weighted by atomic mass is 35.5. The Bertz CT molecular complexity index is 1460. The predicted molar refractivity (Wildman–Crippen MR) is 141 cm³/mol. The van der Waals surface area contributed by atoms with Gasteiger partial charge in [0.15, 0.2) is 10.7 Å². The summed E-state index contributed by atoms with van der Waals surface area (Å²) in [4.78, 5) is 41.2. The summed E-state index contributed by atoms with van der Waals surface area (Å²) in [5.74, 6) is -1.39. The molecule has 9 nitrogen and oxygen atoms in total. The van der Waals surface area contributed by atoms with Gasteiger partial charge in [-0.15, -0.1) is 0 Å². The van der Waals surface area contributed by atoms with E-state index in [1.807, 2.05) is 0 Å². The van der Waals surface area contributed by atoms with Crippen molar-refractivity contribution in [3.8, 4) is 16.9 Å². The molecule has 2 amide bonds. The molecule has 212 valence electrons. The van der Waals surface area contributed by atoms with Gasteiger partial charge < -0.3 is 14.7 Å². The molecule has 1 aliphatic carbocycles. The highest BCUT2D eigenvalue weighted by Crippen LogP contribution is 2.45. The SMILES string of the molecule is COc1cnc(Cl)cc1-c1cc(C)ncc1C(=O)Nc1nc2c(s1)CN(C(=O)[C@H]1CCC[C@](O)(C(F)(F)F)C1)C2. The van der Waals surface area contributed by atoms with Gasteiger partial charge in [0.05, 0.1) is 42.5 Å². The normalized spacial score (nSPS) is 20.8. The number of halogens is 4. The number of pyridine rings is 2. The fourth-order valence-electron chi connectivity index (χ4n) is 5.15. The van der Waals surface area contributed by atoms with Crippen LogP contribution in [0.2, 0.25) is 5.15 Å². The lowest BCUT2D eigenvalue weighted by Crippen LogP contribution is -2.51. The number of rotatable bonds is 5. The van der Waals surface area contributed by atoms with Crippen LogP contribution in [0, 0.1) is 12.8 Å². The van der Waals surface area contributed by atoms with Gasteiger partial charge in [0.2, 0.25) is 5.91 Å². The summed E-state index contributed by atoms with van der Waals surface area (Å²) in [7, 11) is 1.48. The molecule has 2 aliphatic rings. The van der Waals surface area contributed by atoms with Crippen LogP contribution in [0.3, 0.4) is 0 Å². The van der Waals surface area contributed by atoms with E-state index in [0.717, 1.165) is 4.88 Å². The number of amides is 2. The largest absolute Gasteiger partial charge is 0.494 e. The zero-order valence-electron chi connectivity index (χ0n) is 21.5. The monoisotopic (exact) mass is 595 g/mol. The lowest BCUT2D eigenvalue weighted by Gasteiger charge is -2.38. The van der Waals surface area contributed by atoms with Crippen molar-refractivity contribution >= 4 is 39.9 Å². The van der Waals surface area contributed by atoms with E-state index in [4.69, 9.17) is 16.3 Å². The number of aromatic nitrogens is 3. The number of thiazole rings is 1. The number of alkyl halides is 3. The third kappa shape index (κ3) is 5.37. The van der Waals surface area contributed by atoms with Crippen molar-refractivity contribution in [3.63, 3.8) is 0 Å². The number of carbonyl (C=O) groups is 2. The number of methoxy groups -OCH3 is 1. The van der Waals surface area contributed by atoms with Crippen molar-refractivity contribution in [1.82, 2.24) is 19.9 Å². The van der Waals surface area contributed by atoms with E-state index in [1.165, 1.54) is 35.7 Å². The summed E-state index contributed by atoms with van der Waals surface area (Å²) in [6.07, 6.45) is -2.52. The van der Waals surface area contributed by atoms with Crippen LogP contribution in [0.1, 0.15) is 52.3 Å². The molecule has 2 atom stereocenters. The van der Waals surface area contributed by atoms with E-state index in [2.05, 4.69) is 20.3 Å². The van der Waals surface area contributed by atoms with Gasteiger partial charge in [-0.25, -0.2) is 9.97 Å². The molecule has 1 fully saturated rings. The Morgan fingerprint density at radius 2 is 2.00 bits per heavy atom. The standard InChI is InChI=1S/C26H25ClF3N5O4S/c1-13-6-15(16-7-21(27)32-10-19(16)39-2)17(9-31-13)22(36)34-24-33-18-11-35(12-20(18)40-24)23(37)14-4-3-5-25(38,8-14)26(28,29)30/h6-7,9-10,14,38H,3-5,8,11-12H2,1-2H3,(H,33,34,36)/t14-,25+/m0/s1. The first-order valence-corrected chi connectivity index (χ1v) is 13.6. The van der Waals surface area contributed by atoms with Crippen LogP contribution in [0.15, 0.2) is 24.5 Å². The Labute approximate surface area is 236 Å². The number of hydrogen-bond donors (Lipinski definition) is 2. The number of nitrogens with zero attached hydrogens (tertiary/aromatic N) is 4. The molecule has 0 radical (unpaired) electrons. The van der Waals surface area contributed by atoms with Gasteiger partial charge in [0, 0.05) is 28.9 Å². The Morgan fingerprint density at radius 1 is 1.23 bits per heavy atom. The van der Waals surface area contributed by atoms with Crippen molar-refractivity contribution in [2.24, 2.45) is 5.92 Å². The van der Waals surface area contributed by atoms with E-state index in [1.54, 1.807) is 19.1 Å². The Morgan fingerprint density at radius 3 is 2.70 bits per heavy atom. The molecule has 3 aromatic rings. The fourth-order valence-corrected chi connectivity index (χ4v) is 6.29. The first-order chi connectivity index (χ1) is 18.9. The Kier molecular flexibility index (Phi) is 7.48. The smallest absolute Gasteiger partial charge is 0.417 e. The Hall–Kier alpha value is -3.29. The van der Waals surface area contributed by atoms with Gasteiger partial charge >= 0.3 is 6.18 Å². The molecule has 0 aromatic carbocycles. The van der Waals surface area contributed by atoms with Gasteiger partial charge in [-0.05, 0) is 44.7 Å². The van der Waals surface area contributed by atoms with Crippen LogP contribution in [0.25, 0.3) is 11.1 Å². The van der Waals surface area contributed by atoms with Crippen LogP contribution in [0.5, 0.6) is 5.75 Å². The Balaban J connectivity index is 1.30. The molecule has 0 spiro atoms. The van der Waals surface area contributed by atoms with E-state index in [0.29, 0.717) is 33.4 Å². The van der Waals surface area contributed by atoms with Gasteiger partial charge in [0.25, 0.3) is 5.91 Å². The first kappa shape index (κ1) is 28.2. The van der Waals surface area contributed by atoms with E-state index >= 15 is 0 Å². The minimum Gasteiger partial charge on any atom is -0.494 e. The zero-order valence-corrected chi connectivity index (χ0v) is 23.1. The fraction of sp³-hybridized carbons (Fsp3) is 0.423. The van der Waals surface area contributed by atoms with Crippen molar-refractivity contribution < 1.29 is 32.6 Å². The molecular formula is C26H25ClF3N5O4S. The van der Waals surface area contributed by atoms with E-state index in [-0.39, 0.29) is 36.6 Å². The number of anilines is 1. The highest BCUT2D eigenvalue weighted by Gasteiger charge is 2.56. The molecule has 1 saturated carbocycles. The molecule has 0 unspecified atom stereocenters. The second kappa shape index (κ2) is 10.6. The molecular weight excluding hydrogens is 571 g/mol. The van der Waals surface area contributed by atoms with Gasteiger partial charge in [0.1, 0.15) is 10.9 Å². The first-order valence-electron chi connectivity index (χ1n) is 12.4. The second-order valence-corrected chi connectivity index (χ2v) is 11.4. The molecule has 0 saturated heterocycles. The van der Waals surface area contributed by atoms with Gasteiger partial charge in [-0.3, -0.25) is 19.9 Å². The second-order valence-electron chi connectivity index (χ2n) is 9.94. The van der Waals surface area contributed by atoms with Crippen LogP contribution in [-0.4, -0.2) is 55.7 Å². The molecule has 0 bridgehead atoms. The molecule has 14 heteroatoms. The number of carbonyl (C=O) groups excluding carboxylic acids is 2. The molecule has 3 aromatic heterocycles. The summed E-state index contributed by atoms with van der Waals surface area (Å²) >= 11 is 7.29. The lowest BCUT2D eigenvalue weighted by molar-refractivity contribution is -0.273. The van der Waals surface area contributed by atoms with Crippen LogP contribution < -0.4 is 10.1 Å². The molecule has 1 aliphatic heterocycles. The minimum absolute atomic E-state index is 0.115. The van der Waals surface area contributed by atoms with Crippen molar-refractivity contribution in [2.45, 2.75) is 57.5 Å². The number of aliphatic hydroxyl groups is 1. The quantitative estimate of drug-likeness (QED) is 0.392.